The number of rotatable bonds is 8. The molecule has 1 N–H and O–H groups in total. The number of nitrogens with one attached hydrogen (secondary N) is 1. The number of hydrogen-bond donors (Lipinski definition) is 1. The van der Waals surface area contributed by atoms with Crippen molar-refractivity contribution >= 4 is 21.6 Å². The molecular weight excluding hydrogens is 368 g/mol. The third kappa shape index (κ3) is 5.21. The van der Waals surface area contributed by atoms with E-state index in [0.29, 0.717) is 11.5 Å². The summed E-state index contributed by atoms with van der Waals surface area (Å²) in [4.78, 5) is 13.5. The van der Waals surface area contributed by atoms with E-state index >= 15 is 0 Å². The fourth-order valence-corrected chi connectivity index (χ4v) is 3.59. The van der Waals surface area contributed by atoms with Crippen LogP contribution in [0.5, 0.6) is 11.5 Å². The second-order valence-corrected chi connectivity index (χ2v) is 7.69. The molecule has 0 atom stereocenters. The van der Waals surface area contributed by atoms with Gasteiger partial charge in [-0.05, 0) is 31.2 Å². The van der Waals surface area contributed by atoms with Crippen LogP contribution in [0.15, 0.2) is 47.4 Å². The number of anilines is 1. The van der Waals surface area contributed by atoms with Gasteiger partial charge in [0.05, 0.1) is 19.1 Å². The smallest absolute Gasteiger partial charge is 0.240 e. The Morgan fingerprint density at radius 2 is 1.67 bits per heavy atom. The molecule has 146 valence electrons. The summed E-state index contributed by atoms with van der Waals surface area (Å²) < 4.78 is 37.8. The number of carbonyl (C=O) groups is 1. The van der Waals surface area contributed by atoms with Crippen LogP contribution in [0.3, 0.4) is 0 Å². The van der Waals surface area contributed by atoms with Crippen molar-refractivity contribution in [3.8, 4) is 11.5 Å². The lowest BCUT2D eigenvalue weighted by Crippen LogP contribution is -2.37. The van der Waals surface area contributed by atoms with E-state index < -0.39 is 10.0 Å². The van der Waals surface area contributed by atoms with E-state index in [9.17, 15) is 13.2 Å². The third-order valence-corrected chi connectivity index (χ3v) is 5.48. The molecule has 0 aliphatic heterocycles. The topological polar surface area (TPSA) is 84.9 Å². The molecule has 1 amide bonds. The molecule has 0 fully saturated rings. The number of aryl methyl sites for hydroxylation is 1. The van der Waals surface area contributed by atoms with Crippen LogP contribution in [0.25, 0.3) is 0 Å². The predicted molar refractivity (Wildman–Crippen MR) is 104 cm³/mol. The van der Waals surface area contributed by atoms with Crippen molar-refractivity contribution in [1.82, 2.24) is 4.72 Å². The van der Waals surface area contributed by atoms with Crippen LogP contribution >= 0.6 is 0 Å². The van der Waals surface area contributed by atoms with Crippen molar-refractivity contribution in [3.63, 3.8) is 0 Å². The Morgan fingerprint density at radius 3 is 2.22 bits per heavy atom. The Hall–Kier alpha value is -2.58. The molecule has 0 bridgehead atoms. The maximum Gasteiger partial charge on any atom is 0.240 e. The Labute approximate surface area is 160 Å². The fourth-order valence-electron chi connectivity index (χ4n) is 2.55. The SMILES string of the molecule is COc1ccc(S(=O)(=O)NCCN(C(C)=O)c2ccc(C)cc2)cc1OC. The van der Waals surface area contributed by atoms with Crippen LogP contribution in [-0.4, -0.2) is 41.6 Å². The number of hydrogen-bond acceptors (Lipinski definition) is 5. The van der Waals surface area contributed by atoms with Gasteiger partial charge < -0.3 is 14.4 Å². The van der Waals surface area contributed by atoms with Gasteiger partial charge in [-0.1, -0.05) is 17.7 Å². The van der Waals surface area contributed by atoms with E-state index in [4.69, 9.17) is 9.47 Å². The molecule has 2 aromatic rings. The van der Waals surface area contributed by atoms with Crippen LogP contribution in [-0.2, 0) is 14.8 Å². The van der Waals surface area contributed by atoms with Gasteiger partial charge in [-0.15, -0.1) is 0 Å². The summed E-state index contributed by atoms with van der Waals surface area (Å²) in [6.07, 6.45) is 0. The molecule has 0 spiro atoms. The minimum atomic E-state index is -3.75. The molecule has 0 saturated heterocycles. The first kappa shape index (κ1) is 20.7. The fraction of sp³-hybridized carbons (Fsp3) is 0.316. The Balaban J connectivity index is 2.09. The zero-order valence-corrected chi connectivity index (χ0v) is 16.7. The summed E-state index contributed by atoms with van der Waals surface area (Å²) >= 11 is 0. The number of carbonyl (C=O) groups excluding carboxylic acids is 1. The van der Waals surface area contributed by atoms with Crippen LogP contribution in [0.2, 0.25) is 0 Å². The normalized spacial score (nSPS) is 11.1. The second kappa shape index (κ2) is 8.88. The minimum Gasteiger partial charge on any atom is -0.493 e. The Morgan fingerprint density at radius 1 is 1.04 bits per heavy atom. The van der Waals surface area contributed by atoms with Crippen LogP contribution < -0.4 is 19.1 Å². The third-order valence-electron chi connectivity index (χ3n) is 4.02. The second-order valence-electron chi connectivity index (χ2n) is 5.92. The number of amides is 1. The van der Waals surface area contributed by atoms with E-state index in [0.717, 1.165) is 11.3 Å². The number of sulfonamides is 1. The Bertz CT molecular complexity index is 895. The van der Waals surface area contributed by atoms with Crippen molar-refractivity contribution in [2.45, 2.75) is 18.7 Å². The van der Waals surface area contributed by atoms with Crippen molar-refractivity contribution < 1.29 is 22.7 Å². The van der Waals surface area contributed by atoms with Gasteiger partial charge in [-0.3, -0.25) is 4.79 Å². The van der Waals surface area contributed by atoms with Crippen LogP contribution in [0.1, 0.15) is 12.5 Å². The molecule has 0 saturated carbocycles. The van der Waals surface area contributed by atoms with Crippen molar-refractivity contribution in [3.05, 3.63) is 48.0 Å². The molecule has 0 unspecified atom stereocenters. The van der Waals surface area contributed by atoms with Gasteiger partial charge in [0.25, 0.3) is 0 Å². The number of nitrogens with zero attached hydrogens (tertiary/aromatic N) is 1. The molecule has 7 nitrogen and oxygen atoms in total. The lowest BCUT2D eigenvalue weighted by Gasteiger charge is -2.21. The van der Waals surface area contributed by atoms with Crippen molar-refractivity contribution in [1.29, 1.82) is 0 Å². The van der Waals surface area contributed by atoms with E-state index in [1.165, 1.54) is 44.2 Å². The van der Waals surface area contributed by atoms with E-state index in [1.54, 1.807) is 0 Å². The molecule has 0 aliphatic rings. The summed E-state index contributed by atoms with van der Waals surface area (Å²) in [5, 5.41) is 0. The van der Waals surface area contributed by atoms with E-state index in [-0.39, 0.29) is 23.9 Å². The highest BCUT2D eigenvalue weighted by Gasteiger charge is 2.18. The van der Waals surface area contributed by atoms with Gasteiger partial charge in [-0.2, -0.15) is 0 Å². The summed E-state index contributed by atoms with van der Waals surface area (Å²) in [6.45, 7) is 3.69. The first-order valence-electron chi connectivity index (χ1n) is 8.35. The average Bonchev–Trinajstić information content (AvgIpc) is 2.65. The summed E-state index contributed by atoms with van der Waals surface area (Å²) in [5.74, 6) is 0.605. The van der Waals surface area contributed by atoms with Gasteiger partial charge in [0.2, 0.25) is 15.9 Å². The van der Waals surface area contributed by atoms with Gasteiger partial charge in [0.1, 0.15) is 0 Å². The lowest BCUT2D eigenvalue weighted by molar-refractivity contribution is -0.116. The van der Waals surface area contributed by atoms with E-state index in [1.807, 2.05) is 31.2 Å². The predicted octanol–water partition coefficient (Wildman–Crippen LogP) is 2.34. The van der Waals surface area contributed by atoms with Gasteiger partial charge in [0.15, 0.2) is 11.5 Å². The largest absolute Gasteiger partial charge is 0.493 e. The first-order valence-corrected chi connectivity index (χ1v) is 9.83. The van der Waals surface area contributed by atoms with Crippen LogP contribution in [0, 0.1) is 6.92 Å². The molecule has 2 rings (SSSR count). The maximum atomic E-state index is 12.5. The number of benzene rings is 2. The molecule has 0 radical (unpaired) electrons. The summed E-state index contributed by atoms with van der Waals surface area (Å²) in [5.41, 5.74) is 1.80. The van der Waals surface area contributed by atoms with Crippen molar-refractivity contribution in [2.75, 3.05) is 32.2 Å². The molecule has 0 aliphatic carbocycles. The molecular formula is C19H24N2O5S. The maximum absolute atomic E-state index is 12.5. The van der Waals surface area contributed by atoms with Gasteiger partial charge >= 0.3 is 0 Å². The highest BCUT2D eigenvalue weighted by Crippen LogP contribution is 2.29. The monoisotopic (exact) mass is 392 g/mol. The quantitative estimate of drug-likeness (QED) is 0.745. The molecule has 27 heavy (non-hydrogen) atoms. The molecule has 0 aromatic heterocycles. The summed E-state index contributed by atoms with van der Waals surface area (Å²) in [7, 11) is -0.835. The zero-order valence-electron chi connectivity index (χ0n) is 15.9. The lowest BCUT2D eigenvalue weighted by atomic mass is 10.2. The van der Waals surface area contributed by atoms with Crippen LogP contribution in [0.4, 0.5) is 5.69 Å². The van der Waals surface area contributed by atoms with Gasteiger partial charge in [-0.25, -0.2) is 13.1 Å². The number of ether oxygens (including phenoxy) is 2. The van der Waals surface area contributed by atoms with E-state index in [2.05, 4.69) is 4.72 Å². The molecule has 0 heterocycles. The number of methoxy groups -OCH3 is 2. The molecule has 2 aromatic carbocycles. The highest BCUT2D eigenvalue weighted by molar-refractivity contribution is 7.89. The molecule has 8 heteroatoms. The van der Waals surface area contributed by atoms with Gasteiger partial charge in [0, 0.05) is 31.8 Å². The van der Waals surface area contributed by atoms with Crippen molar-refractivity contribution in [2.24, 2.45) is 0 Å². The highest BCUT2D eigenvalue weighted by atomic mass is 32.2. The average molecular weight is 392 g/mol. The standard InChI is InChI=1S/C19H24N2O5S/c1-14-5-7-16(8-6-14)21(15(2)22)12-11-20-27(23,24)17-9-10-18(25-3)19(13-17)26-4/h5-10,13,20H,11-12H2,1-4H3. The minimum absolute atomic E-state index is 0.0601. The Kier molecular flexibility index (Phi) is 6.81. The zero-order chi connectivity index (χ0) is 20.0. The first-order chi connectivity index (χ1) is 12.8. The summed E-state index contributed by atoms with van der Waals surface area (Å²) in [6, 6.07) is 11.8.